The molecular weight excluding hydrogens is 226 g/mol. The van der Waals surface area contributed by atoms with Gasteiger partial charge < -0.3 is 14.8 Å². The van der Waals surface area contributed by atoms with E-state index < -0.39 is 0 Å². The molecule has 0 spiro atoms. The number of hydrogen-bond donors (Lipinski definition) is 1. The van der Waals surface area contributed by atoms with E-state index in [2.05, 4.69) is 26.1 Å². The predicted molar refractivity (Wildman–Crippen MR) is 76.0 cm³/mol. The van der Waals surface area contributed by atoms with Crippen LogP contribution in [0, 0.1) is 0 Å². The lowest BCUT2D eigenvalue weighted by atomic mass is 9.84. The third-order valence-electron chi connectivity index (χ3n) is 3.61. The fourth-order valence-electron chi connectivity index (χ4n) is 2.67. The summed E-state index contributed by atoms with van der Waals surface area (Å²) in [6, 6.07) is 0.523. The van der Waals surface area contributed by atoms with Crippen LogP contribution < -0.4 is 5.32 Å². The van der Waals surface area contributed by atoms with E-state index in [4.69, 9.17) is 9.47 Å². The summed E-state index contributed by atoms with van der Waals surface area (Å²) in [5.74, 6) is 0. The zero-order valence-corrected chi connectivity index (χ0v) is 12.6. The van der Waals surface area contributed by atoms with Crippen LogP contribution in [0.4, 0.5) is 0 Å². The Morgan fingerprint density at radius 2 is 1.78 bits per heavy atom. The zero-order valence-electron chi connectivity index (χ0n) is 12.6. The van der Waals surface area contributed by atoms with Crippen LogP contribution in [-0.4, -0.2) is 37.5 Å². The lowest BCUT2D eigenvalue weighted by Gasteiger charge is -2.40. The summed E-state index contributed by atoms with van der Waals surface area (Å²) < 4.78 is 11.8. The Bertz CT molecular complexity index is 213. The van der Waals surface area contributed by atoms with Crippen LogP contribution in [0.3, 0.4) is 0 Å². The molecule has 108 valence electrons. The molecule has 0 amide bonds. The maximum Gasteiger partial charge on any atom is 0.0811 e. The van der Waals surface area contributed by atoms with Crippen molar-refractivity contribution in [3.05, 3.63) is 0 Å². The molecule has 1 atom stereocenters. The summed E-state index contributed by atoms with van der Waals surface area (Å²) in [5, 5.41) is 3.55. The Labute approximate surface area is 113 Å². The molecule has 0 aromatic carbocycles. The summed E-state index contributed by atoms with van der Waals surface area (Å²) in [7, 11) is 0. The normalized spacial score (nSPS) is 21.2. The van der Waals surface area contributed by atoms with Crippen molar-refractivity contribution in [3.8, 4) is 0 Å². The Hall–Kier alpha value is -0.120. The predicted octanol–water partition coefficient (Wildman–Crippen LogP) is 3.13. The molecule has 3 heteroatoms. The van der Waals surface area contributed by atoms with Crippen molar-refractivity contribution in [3.63, 3.8) is 0 Å². The summed E-state index contributed by atoms with van der Waals surface area (Å²) in [5.41, 5.74) is 0.0407. The first-order chi connectivity index (χ1) is 8.58. The topological polar surface area (TPSA) is 30.5 Å². The molecule has 1 rings (SSSR count). The minimum absolute atomic E-state index is 0.0407. The van der Waals surface area contributed by atoms with Crippen molar-refractivity contribution in [1.82, 2.24) is 5.32 Å². The number of nitrogens with one attached hydrogen (secondary N) is 1. The lowest BCUT2D eigenvalue weighted by molar-refractivity contribution is -0.126. The summed E-state index contributed by atoms with van der Waals surface area (Å²) in [6.45, 7) is 11.0. The van der Waals surface area contributed by atoms with E-state index in [1.54, 1.807) is 0 Å². The molecule has 1 fully saturated rings. The van der Waals surface area contributed by atoms with Gasteiger partial charge in [-0.2, -0.15) is 0 Å². The van der Waals surface area contributed by atoms with Crippen LogP contribution in [0.1, 0.15) is 59.8 Å². The Balaban J connectivity index is 2.48. The minimum atomic E-state index is 0.0407. The lowest BCUT2D eigenvalue weighted by Crippen LogP contribution is -2.48. The van der Waals surface area contributed by atoms with Crippen molar-refractivity contribution in [2.75, 3.05) is 19.8 Å². The molecule has 1 aliphatic rings. The average Bonchev–Trinajstić information content (AvgIpc) is 2.35. The molecule has 0 aliphatic heterocycles. The van der Waals surface area contributed by atoms with Crippen molar-refractivity contribution in [1.29, 1.82) is 0 Å². The van der Waals surface area contributed by atoms with Crippen molar-refractivity contribution in [2.24, 2.45) is 0 Å². The fourth-order valence-corrected chi connectivity index (χ4v) is 2.67. The number of rotatable bonds is 8. The van der Waals surface area contributed by atoms with Crippen LogP contribution in [0.25, 0.3) is 0 Å². The van der Waals surface area contributed by atoms with Gasteiger partial charge in [0, 0.05) is 19.2 Å². The van der Waals surface area contributed by atoms with Gasteiger partial charge in [-0.1, -0.05) is 33.1 Å². The maximum absolute atomic E-state index is 6.34. The van der Waals surface area contributed by atoms with Gasteiger partial charge in [-0.25, -0.2) is 0 Å². The van der Waals surface area contributed by atoms with Crippen molar-refractivity contribution >= 4 is 0 Å². The van der Waals surface area contributed by atoms with E-state index in [1.807, 2.05) is 6.92 Å². The average molecular weight is 257 g/mol. The minimum Gasteiger partial charge on any atom is -0.379 e. The van der Waals surface area contributed by atoms with Crippen molar-refractivity contribution < 1.29 is 9.47 Å². The molecule has 1 aliphatic carbocycles. The molecular formula is C15H31NO2. The molecule has 1 saturated carbocycles. The summed E-state index contributed by atoms with van der Waals surface area (Å²) >= 11 is 0. The second-order valence-electron chi connectivity index (χ2n) is 5.87. The van der Waals surface area contributed by atoms with Gasteiger partial charge in [-0.15, -0.1) is 0 Å². The highest BCUT2D eigenvalue weighted by Crippen LogP contribution is 2.32. The van der Waals surface area contributed by atoms with Crippen LogP contribution in [0.2, 0.25) is 0 Å². The van der Waals surface area contributed by atoms with Gasteiger partial charge in [-0.3, -0.25) is 0 Å². The molecule has 0 aromatic heterocycles. The highest BCUT2D eigenvalue weighted by molar-refractivity contribution is 4.88. The van der Waals surface area contributed by atoms with Gasteiger partial charge in [-0.05, 0) is 26.7 Å². The van der Waals surface area contributed by atoms with E-state index in [-0.39, 0.29) is 11.7 Å². The highest BCUT2D eigenvalue weighted by Gasteiger charge is 2.34. The first-order valence-corrected chi connectivity index (χ1v) is 7.57. The standard InChI is InChI=1S/C15H31NO2/c1-5-17-11-14(4)18-15(12-16-13(2)3)9-7-6-8-10-15/h13-14,16H,5-12H2,1-4H3. The third kappa shape index (κ3) is 5.68. The second kappa shape index (κ2) is 8.13. The van der Waals surface area contributed by atoms with Crippen LogP contribution in [-0.2, 0) is 9.47 Å². The Morgan fingerprint density at radius 1 is 1.11 bits per heavy atom. The monoisotopic (exact) mass is 257 g/mol. The zero-order chi connectivity index (χ0) is 13.4. The molecule has 0 saturated heterocycles. The molecule has 1 N–H and O–H groups in total. The van der Waals surface area contributed by atoms with Gasteiger partial charge in [0.15, 0.2) is 0 Å². The van der Waals surface area contributed by atoms with Crippen LogP contribution in [0.15, 0.2) is 0 Å². The first kappa shape index (κ1) is 15.9. The molecule has 0 aromatic rings. The number of ether oxygens (including phenoxy) is 2. The van der Waals surface area contributed by atoms with Gasteiger partial charge >= 0.3 is 0 Å². The Morgan fingerprint density at radius 3 is 2.33 bits per heavy atom. The van der Waals surface area contributed by atoms with E-state index >= 15 is 0 Å². The van der Waals surface area contributed by atoms with Crippen LogP contribution in [0.5, 0.6) is 0 Å². The van der Waals surface area contributed by atoms with E-state index in [1.165, 1.54) is 32.1 Å². The molecule has 18 heavy (non-hydrogen) atoms. The fraction of sp³-hybridized carbons (Fsp3) is 1.00. The SMILES string of the molecule is CCOCC(C)OC1(CNC(C)C)CCCCC1. The van der Waals surface area contributed by atoms with Crippen molar-refractivity contribution in [2.45, 2.75) is 77.5 Å². The molecule has 1 unspecified atom stereocenters. The highest BCUT2D eigenvalue weighted by atomic mass is 16.5. The second-order valence-corrected chi connectivity index (χ2v) is 5.87. The van der Waals surface area contributed by atoms with E-state index in [0.29, 0.717) is 12.6 Å². The van der Waals surface area contributed by atoms with Gasteiger partial charge in [0.05, 0.1) is 18.3 Å². The quantitative estimate of drug-likeness (QED) is 0.724. The molecule has 0 bridgehead atoms. The maximum atomic E-state index is 6.34. The van der Waals surface area contributed by atoms with Gasteiger partial charge in [0.25, 0.3) is 0 Å². The van der Waals surface area contributed by atoms with E-state index in [9.17, 15) is 0 Å². The van der Waals surface area contributed by atoms with Gasteiger partial charge in [0.1, 0.15) is 0 Å². The molecule has 0 heterocycles. The molecule has 3 nitrogen and oxygen atoms in total. The van der Waals surface area contributed by atoms with Crippen LogP contribution >= 0.6 is 0 Å². The largest absolute Gasteiger partial charge is 0.379 e. The third-order valence-corrected chi connectivity index (χ3v) is 3.61. The number of hydrogen-bond acceptors (Lipinski definition) is 3. The summed E-state index contributed by atoms with van der Waals surface area (Å²) in [4.78, 5) is 0. The summed E-state index contributed by atoms with van der Waals surface area (Å²) in [6.07, 6.45) is 6.50. The first-order valence-electron chi connectivity index (χ1n) is 7.57. The van der Waals surface area contributed by atoms with E-state index in [0.717, 1.165) is 13.2 Å². The Kier molecular flexibility index (Phi) is 7.20. The smallest absolute Gasteiger partial charge is 0.0811 e. The molecule has 0 radical (unpaired) electrons. The van der Waals surface area contributed by atoms with Gasteiger partial charge in [0.2, 0.25) is 0 Å².